The Hall–Kier alpha value is -3.63. The van der Waals surface area contributed by atoms with Crippen molar-refractivity contribution in [3.8, 4) is 11.1 Å². The highest BCUT2D eigenvalue weighted by molar-refractivity contribution is 7.90. The van der Waals surface area contributed by atoms with E-state index in [2.05, 4.69) is 10.3 Å². The summed E-state index contributed by atoms with van der Waals surface area (Å²) in [5.41, 5.74) is 9.07. The van der Waals surface area contributed by atoms with Crippen molar-refractivity contribution in [2.24, 2.45) is 5.73 Å². The van der Waals surface area contributed by atoms with Gasteiger partial charge in [-0.05, 0) is 79.6 Å². The summed E-state index contributed by atoms with van der Waals surface area (Å²) >= 11 is 0. The molecule has 1 heterocycles. The molecule has 0 saturated heterocycles. The molecule has 0 spiro atoms. The summed E-state index contributed by atoms with van der Waals surface area (Å²) in [6.45, 7) is 6.36. The van der Waals surface area contributed by atoms with Crippen LogP contribution in [0.5, 0.6) is 0 Å². The van der Waals surface area contributed by atoms with E-state index in [0.29, 0.717) is 38.2 Å². The Bertz CT molecular complexity index is 1550. The van der Waals surface area contributed by atoms with Crippen molar-refractivity contribution in [3.63, 3.8) is 0 Å². The predicted molar refractivity (Wildman–Crippen MR) is 153 cm³/mol. The highest BCUT2D eigenvalue weighted by Gasteiger charge is 2.46. The Labute approximate surface area is 234 Å². The van der Waals surface area contributed by atoms with E-state index in [1.54, 1.807) is 24.1 Å². The zero-order valence-corrected chi connectivity index (χ0v) is 24.1. The molecule has 2 amide bonds. The number of rotatable bonds is 10. The lowest BCUT2D eigenvalue weighted by molar-refractivity contribution is -0.118. The maximum atomic E-state index is 15.1. The molecule has 2 aromatic carbocycles. The van der Waals surface area contributed by atoms with Crippen LogP contribution in [0.3, 0.4) is 0 Å². The lowest BCUT2D eigenvalue weighted by atomic mass is 9.99. The van der Waals surface area contributed by atoms with Gasteiger partial charge in [-0.1, -0.05) is 26.0 Å². The predicted octanol–water partition coefficient (Wildman–Crippen LogP) is 4.64. The van der Waals surface area contributed by atoms with E-state index < -0.39 is 26.1 Å². The van der Waals surface area contributed by atoms with Gasteiger partial charge in [0.15, 0.2) is 9.84 Å². The number of carbonyl (C=O) groups excluding carboxylic acids is 2. The first kappa shape index (κ1) is 29.4. The number of benzene rings is 2. The second-order valence-electron chi connectivity index (χ2n) is 10.4. The molecule has 212 valence electrons. The number of hydrogen-bond donors (Lipinski definition) is 2. The van der Waals surface area contributed by atoms with Crippen molar-refractivity contribution < 1.29 is 22.4 Å². The average molecular weight is 567 g/mol. The first-order valence-electron chi connectivity index (χ1n) is 13.3. The number of nitrogens with one attached hydrogen (secondary N) is 1. The van der Waals surface area contributed by atoms with Crippen molar-refractivity contribution in [2.45, 2.75) is 63.4 Å². The summed E-state index contributed by atoms with van der Waals surface area (Å²) in [7, 11) is -3.77. The maximum Gasteiger partial charge on any atom is 0.254 e. The SMILES string of the molecule is CCCN(Cc1cc(-c2ccc(NC(=O)C3(N)CC3)nc2)ccc1C)C(=O)c1ccc(S(C)(=O)=O)c(F)c1CC. The highest BCUT2D eigenvalue weighted by Crippen LogP contribution is 2.33. The topological polar surface area (TPSA) is 122 Å². The molecule has 0 bridgehead atoms. The van der Waals surface area contributed by atoms with Crippen LogP contribution in [0.15, 0.2) is 53.6 Å². The molecule has 1 fully saturated rings. The fourth-order valence-electron chi connectivity index (χ4n) is 4.59. The molecule has 1 aliphatic rings. The Kier molecular flexibility index (Phi) is 8.41. The molecule has 1 aromatic heterocycles. The van der Waals surface area contributed by atoms with Gasteiger partial charge in [-0.3, -0.25) is 9.59 Å². The number of anilines is 1. The number of pyridine rings is 1. The Morgan fingerprint density at radius 1 is 1.10 bits per heavy atom. The molecule has 0 atom stereocenters. The smallest absolute Gasteiger partial charge is 0.254 e. The van der Waals surface area contributed by atoms with Crippen LogP contribution in [-0.2, 0) is 27.6 Å². The number of aromatic nitrogens is 1. The minimum atomic E-state index is -3.77. The summed E-state index contributed by atoms with van der Waals surface area (Å²) in [6.07, 6.45) is 4.84. The molecule has 10 heteroatoms. The van der Waals surface area contributed by atoms with Gasteiger partial charge < -0.3 is 16.0 Å². The first-order chi connectivity index (χ1) is 18.9. The monoisotopic (exact) mass is 566 g/mol. The van der Waals surface area contributed by atoms with Crippen LogP contribution >= 0.6 is 0 Å². The summed E-state index contributed by atoms with van der Waals surface area (Å²) < 4.78 is 39.2. The number of hydrogen-bond acceptors (Lipinski definition) is 6. The Morgan fingerprint density at radius 3 is 2.38 bits per heavy atom. The molecule has 8 nitrogen and oxygen atoms in total. The van der Waals surface area contributed by atoms with Crippen molar-refractivity contribution in [1.29, 1.82) is 0 Å². The van der Waals surface area contributed by atoms with Gasteiger partial charge in [0, 0.05) is 42.2 Å². The summed E-state index contributed by atoms with van der Waals surface area (Å²) in [5, 5.41) is 2.76. The number of sulfone groups is 1. The average Bonchev–Trinajstić information content (AvgIpc) is 3.67. The largest absolute Gasteiger partial charge is 0.334 e. The van der Waals surface area contributed by atoms with Gasteiger partial charge in [0.05, 0.1) is 5.54 Å². The van der Waals surface area contributed by atoms with E-state index in [1.807, 2.05) is 38.1 Å². The van der Waals surface area contributed by atoms with Gasteiger partial charge in [0.25, 0.3) is 5.91 Å². The summed E-state index contributed by atoms with van der Waals surface area (Å²) in [5.74, 6) is -1.02. The van der Waals surface area contributed by atoms with E-state index in [0.717, 1.165) is 28.5 Å². The van der Waals surface area contributed by atoms with Gasteiger partial charge in [-0.2, -0.15) is 0 Å². The Morgan fingerprint density at radius 2 is 1.80 bits per heavy atom. The molecule has 0 unspecified atom stereocenters. The van der Waals surface area contributed by atoms with Crippen LogP contribution in [0.4, 0.5) is 10.2 Å². The van der Waals surface area contributed by atoms with Gasteiger partial charge in [0.2, 0.25) is 5.91 Å². The number of nitrogens with two attached hydrogens (primary N) is 1. The van der Waals surface area contributed by atoms with Crippen LogP contribution in [-0.4, -0.2) is 48.5 Å². The van der Waals surface area contributed by atoms with Gasteiger partial charge in [0.1, 0.15) is 16.5 Å². The zero-order valence-electron chi connectivity index (χ0n) is 23.3. The van der Waals surface area contributed by atoms with Crippen LogP contribution in [0.2, 0.25) is 0 Å². The number of amides is 2. The number of aryl methyl sites for hydroxylation is 1. The summed E-state index contributed by atoms with van der Waals surface area (Å²) in [4.78, 5) is 31.5. The van der Waals surface area contributed by atoms with Crippen molar-refractivity contribution in [2.75, 3.05) is 18.1 Å². The van der Waals surface area contributed by atoms with E-state index in [9.17, 15) is 18.0 Å². The van der Waals surface area contributed by atoms with Crippen molar-refractivity contribution >= 4 is 27.5 Å². The molecule has 1 aliphatic carbocycles. The van der Waals surface area contributed by atoms with Gasteiger partial charge >= 0.3 is 0 Å². The summed E-state index contributed by atoms with van der Waals surface area (Å²) in [6, 6.07) is 12.1. The number of carbonyl (C=O) groups is 2. The molecular formula is C30H35FN4O4S. The molecule has 4 rings (SSSR count). The maximum absolute atomic E-state index is 15.1. The molecule has 3 N–H and O–H groups in total. The second kappa shape index (κ2) is 11.5. The zero-order chi connectivity index (χ0) is 29.2. The highest BCUT2D eigenvalue weighted by atomic mass is 32.2. The standard InChI is InChI=1S/C30H35FN4O4S/c1-5-15-35(28(36)24-10-11-25(40(4,38)39)27(31)23(24)6-2)18-22-16-20(8-7-19(22)3)21-9-12-26(33-17-21)34-29(37)30(32)13-14-30/h7-12,16-17H,5-6,13-15,18,32H2,1-4H3,(H,33,34,37). The van der Waals surface area contributed by atoms with Crippen molar-refractivity contribution in [3.05, 3.63) is 76.7 Å². The second-order valence-corrected chi connectivity index (χ2v) is 12.4. The number of nitrogens with zero attached hydrogens (tertiary/aromatic N) is 2. The molecule has 3 aromatic rings. The first-order valence-corrected chi connectivity index (χ1v) is 15.2. The van der Waals surface area contributed by atoms with E-state index >= 15 is 4.39 Å². The third-order valence-electron chi connectivity index (χ3n) is 7.26. The van der Waals surface area contributed by atoms with E-state index in [1.165, 1.54) is 12.1 Å². The van der Waals surface area contributed by atoms with E-state index in [-0.39, 0.29) is 29.4 Å². The van der Waals surface area contributed by atoms with Gasteiger partial charge in [-0.15, -0.1) is 0 Å². The quantitative estimate of drug-likeness (QED) is 0.369. The normalized spacial score (nSPS) is 14.1. The molecule has 0 radical (unpaired) electrons. The minimum absolute atomic E-state index is 0.0972. The van der Waals surface area contributed by atoms with E-state index in [4.69, 9.17) is 5.73 Å². The number of halogens is 1. The van der Waals surface area contributed by atoms with Crippen LogP contribution < -0.4 is 11.1 Å². The fraction of sp³-hybridized carbons (Fsp3) is 0.367. The third kappa shape index (κ3) is 6.23. The lowest BCUT2D eigenvalue weighted by Crippen LogP contribution is -2.38. The van der Waals surface area contributed by atoms with Crippen LogP contribution in [0.25, 0.3) is 11.1 Å². The minimum Gasteiger partial charge on any atom is -0.334 e. The Balaban J connectivity index is 1.59. The third-order valence-corrected chi connectivity index (χ3v) is 8.38. The molecule has 40 heavy (non-hydrogen) atoms. The van der Waals surface area contributed by atoms with Gasteiger partial charge in [-0.25, -0.2) is 17.8 Å². The van der Waals surface area contributed by atoms with Crippen LogP contribution in [0.1, 0.15) is 60.2 Å². The van der Waals surface area contributed by atoms with Crippen LogP contribution in [0, 0.1) is 12.7 Å². The van der Waals surface area contributed by atoms with Crippen molar-refractivity contribution in [1.82, 2.24) is 9.88 Å². The molecule has 1 saturated carbocycles. The molecule has 0 aliphatic heterocycles. The fourth-order valence-corrected chi connectivity index (χ4v) is 5.36. The lowest BCUT2D eigenvalue weighted by Gasteiger charge is -2.25. The molecular weight excluding hydrogens is 531 g/mol.